The number of rotatable bonds is 4. The van der Waals surface area contributed by atoms with Gasteiger partial charge in [0.1, 0.15) is 0 Å². The van der Waals surface area contributed by atoms with E-state index in [1.165, 1.54) is 5.56 Å². The molecule has 3 rings (SSSR count). The van der Waals surface area contributed by atoms with Crippen molar-refractivity contribution >= 4 is 5.91 Å². The van der Waals surface area contributed by atoms with E-state index in [2.05, 4.69) is 10.4 Å². The fourth-order valence-electron chi connectivity index (χ4n) is 3.08. The summed E-state index contributed by atoms with van der Waals surface area (Å²) < 4.78 is 1.74. The Kier molecular flexibility index (Phi) is 4.22. The predicted molar refractivity (Wildman–Crippen MR) is 88.1 cm³/mol. The lowest BCUT2D eigenvalue weighted by Crippen LogP contribution is -2.41. The number of nitrogens with zero attached hydrogens (tertiary/aromatic N) is 2. The average Bonchev–Trinajstić information content (AvgIpc) is 2.91. The van der Waals surface area contributed by atoms with Crippen LogP contribution >= 0.6 is 0 Å². The van der Waals surface area contributed by atoms with E-state index in [9.17, 15) is 9.90 Å². The summed E-state index contributed by atoms with van der Waals surface area (Å²) in [5.41, 5.74) is 3.94. The van der Waals surface area contributed by atoms with E-state index in [0.717, 1.165) is 11.1 Å². The molecule has 1 fully saturated rings. The molecule has 1 saturated carbocycles. The SMILES string of the molecule is Cc1ccc(C(=O)NC(c2cnn(C)c2)C2CC(O)C2)cc1C. The monoisotopic (exact) mass is 313 g/mol. The average molecular weight is 313 g/mol. The number of aliphatic hydroxyl groups is 1. The van der Waals surface area contributed by atoms with E-state index in [1.807, 2.05) is 45.3 Å². The lowest BCUT2D eigenvalue weighted by molar-refractivity contribution is 0.0235. The van der Waals surface area contributed by atoms with Gasteiger partial charge in [-0.2, -0.15) is 5.10 Å². The van der Waals surface area contributed by atoms with Crippen molar-refractivity contribution < 1.29 is 9.90 Å². The first-order chi connectivity index (χ1) is 10.9. The molecule has 1 aromatic heterocycles. The molecule has 0 aliphatic heterocycles. The molecule has 0 saturated heterocycles. The molecular weight excluding hydrogens is 290 g/mol. The molecule has 2 N–H and O–H groups in total. The Bertz CT molecular complexity index is 717. The second kappa shape index (κ2) is 6.16. The lowest BCUT2D eigenvalue weighted by Gasteiger charge is -2.37. The Balaban J connectivity index is 1.80. The molecule has 5 heteroatoms. The number of hydrogen-bond donors (Lipinski definition) is 2. The predicted octanol–water partition coefficient (Wildman–Crippen LogP) is 2.28. The second-order valence-electron chi connectivity index (χ2n) is 6.58. The smallest absolute Gasteiger partial charge is 0.251 e. The lowest BCUT2D eigenvalue weighted by atomic mass is 9.75. The van der Waals surface area contributed by atoms with Crippen LogP contribution in [0.25, 0.3) is 0 Å². The first-order valence-corrected chi connectivity index (χ1v) is 7.98. The van der Waals surface area contributed by atoms with E-state index in [0.29, 0.717) is 18.4 Å². The third-order valence-corrected chi connectivity index (χ3v) is 4.76. The fraction of sp³-hybridized carbons (Fsp3) is 0.444. The Hall–Kier alpha value is -2.14. The number of benzene rings is 1. The van der Waals surface area contributed by atoms with Crippen LogP contribution in [-0.4, -0.2) is 26.9 Å². The topological polar surface area (TPSA) is 67.2 Å². The van der Waals surface area contributed by atoms with Gasteiger partial charge in [-0.15, -0.1) is 0 Å². The number of amides is 1. The molecule has 5 nitrogen and oxygen atoms in total. The van der Waals surface area contributed by atoms with Crippen molar-refractivity contribution in [2.75, 3.05) is 0 Å². The molecule has 1 atom stereocenters. The number of aromatic nitrogens is 2. The normalized spacial score (nSPS) is 21.6. The highest BCUT2D eigenvalue weighted by Gasteiger charge is 2.36. The van der Waals surface area contributed by atoms with Gasteiger partial charge in [0.15, 0.2) is 0 Å². The van der Waals surface area contributed by atoms with Gasteiger partial charge in [-0.3, -0.25) is 9.48 Å². The molecular formula is C18H23N3O2. The summed E-state index contributed by atoms with van der Waals surface area (Å²) in [5, 5.41) is 16.9. The molecule has 1 amide bonds. The van der Waals surface area contributed by atoms with Crippen LogP contribution in [0.4, 0.5) is 0 Å². The molecule has 1 aromatic carbocycles. The van der Waals surface area contributed by atoms with Gasteiger partial charge >= 0.3 is 0 Å². The third-order valence-electron chi connectivity index (χ3n) is 4.76. The van der Waals surface area contributed by atoms with Crippen LogP contribution in [-0.2, 0) is 7.05 Å². The van der Waals surface area contributed by atoms with Gasteiger partial charge in [0.2, 0.25) is 0 Å². The maximum absolute atomic E-state index is 12.6. The van der Waals surface area contributed by atoms with E-state index < -0.39 is 0 Å². The van der Waals surface area contributed by atoms with Crippen molar-refractivity contribution in [3.8, 4) is 0 Å². The quantitative estimate of drug-likeness (QED) is 0.910. The molecule has 1 unspecified atom stereocenters. The number of carbonyl (C=O) groups excluding carboxylic acids is 1. The highest BCUT2D eigenvalue weighted by Crippen LogP contribution is 2.38. The van der Waals surface area contributed by atoms with Crippen molar-refractivity contribution in [2.24, 2.45) is 13.0 Å². The molecule has 0 bridgehead atoms. The number of carbonyl (C=O) groups is 1. The van der Waals surface area contributed by atoms with Gasteiger partial charge in [-0.1, -0.05) is 6.07 Å². The zero-order valence-corrected chi connectivity index (χ0v) is 13.8. The van der Waals surface area contributed by atoms with E-state index in [4.69, 9.17) is 0 Å². The summed E-state index contributed by atoms with van der Waals surface area (Å²) in [5.74, 6) is 0.174. The van der Waals surface area contributed by atoms with Crippen molar-refractivity contribution in [1.82, 2.24) is 15.1 Å². The highest BCUT2D eigenvalue weighted by molar-refractivity contribution is 5.94. The Morgan fingerprint density at radius 1 is 1.35 bits per heavy atom. The second-order valence-corrected chi connectivity index (χ2v) is 6.58. The van der Waals surface area contributed by atoms with Crippen LogP contribution in [0, 0.1) is 19.8 Å². The van der Waals surface area contributed by atoms with Crippen molar-refractivity contribution in [2.45, 2.75) is 38.8 Å². The van der Waals surface area contributed by atoms with Gasteiger partial charge in [-0.25, -0.2) is 0 Å². The zero-order valence-electron chi connectivity index (χ0n) is 13.8. The summed E-state index contributed by atoms with van der Waals surface area (Å²) >= 11 is 0. The molecule has 0 spiro atoms. The molecule has 1 aliphatic rings. The van der Waals surface area contributed by atoms with Crippen LogP contribution in [0.3, 0.4) is 0 Å². The molecule has 2 aromatic rings. The van der Waals surface area contributed by atoms with Gasteiger partial charge in [-0.05, 0) is 55.9 Å². The Morgan fingerprint density at radius 3 is 2.65 bits per heavy atom. The summed E-state index contributed by atoms with van der Waals surface area (Å²) in [6.07, 6.45) is 4.89. The number of aliphatic hydroxyl groups excluding tert-OH is 1. The number of hydrogen-bond acceptors (Lipinski definition) is 3. The Labute approximate surface area is 136 Å². The largest absolute Gasteiger partial charge is 0.393 e. The third kappa shape index (κ3) is 3.29. The van der Waals surface area contributed by atoms with Crippen LogP contribution in [0.15, 0.2) is 30.6 Å². The minimum absolute atomic E-state index is 0.0802. The maximum atomic E-state index is 12.6. The summed E-state index contributed by atoms with van der Waals surface area (Å²) in [6.45, 7) is 4.04. The first-order valence-electron chi connectivity index (χ1n) is 7.98. The minimum Gasteiger partial charge on any atom is -0.393 e. The summed E-state index contributed by atoms with van der Waals surface area (Å²) in [6, 6.07) is 5.63. The van der Waals surface area contributed by atoms with Crippen LogP contribution in [0.1, 0.15) is 45.9 Å². The van der Waals surface area contributed by atoms with Gasteiger partial charge in [0, 0.05) is 24.4 Å². The van der Waals surface area contributed by atoms with Crippen LogP contribution in [0.5, 0.6) is 0 Å². The summed E-state index contributed by atoms with van der Waals surface area (Å²) in [7, 11) is 1.86. The number of aryl methyl sites for hydroxylation is 3. The minimum atomic E-state index is -0.252. The van der Waals surface area contributed by atoms with Crippen LogP contribution in [0.2, 0.25) is 0 Å². The molecule has 23 heavy (non-hydrogen) atoms. The summed E-state index contributed by atoms with van der Waals surface area (Å²) in [4.78, 5) is 12.6. The van der Waals surface area contributed by atoms with E-state index >= 15 is 0 Å². The molecule has 1 heterocycles. The highest BCUT2D eigenvalue weighted by atomic mass is 16.3. The van der Waals surface area contributed by atoms with Gasteiger partial charge in [0.05, 0.1) is 18.3 Å². The molecule has 0 radical (unpaired) electrons. The van der Waals surface area contributed by atoms with E-state index in [-0.39, 0.29) is 24.0 Å². The van der Waals surface area contributed by atoms with Crippen molar-refractivity contribution in [3.05, 3.63) is 52.8 Å². The Morgan fingerprint density at radius 2 is 2.09 bits per heavy atom. The molecule has 122 valence electrons. The zero-order chi connectivity index (χ0) is 16.6. The van der Waals surface area contributed by atoms with Crippen molar-refractivity contribution in [1.29, 1.82) is 0 Å². The fourth-order valence-corrected chi connectivity index (χ4v) is 3.08. The van der Waals surface area contributed by atoms with Crippen molar-refractivity contribution in [3.63, 3.8) is 0 Å². The molecule has 1 aliphatic carbocycles. The first kappa shape index (κ1) is 15.7. The number of nitrogens with one attached hydrogen (secondary N) is 1. The van der Waals surface area contributed by atoms with Gasteiger partial charge in [0.25, 0.3) is 5.91 Å². The standard InChI is InChI=1S/C18H23N3O2/c1-11-4-5-13(6-12(11)2)18(23)20-17(14-7-16(22)8-14)15-9-19-21(3)10-15/h4-6,9-10,14,16-17,22H,7-8H2,1-3H3,(H,20,23). The van der Waals surface area contributed by atoms with Gasteiger partial charge < -0.3 is 10.4 Å². The maximum Gasteiger partial charge on any atom is 0.251 e. The van der Waals surface area contributed by atoms with Crippen LogP contribution < -0.4 is 5.32 Å². The van der Waals surface area contributed by atoms with E-state index in [1.54, 1.807) is 10.9 Å².